The van der Waals surface area contributed by atoms with Gasteiger partial charge in [-0.15, -0.1) is 0 Å². The maximum Gasteiger partial charge on any atom is 0.335 e. The van der Waals surface area contributed by atoms with Gasteiger partial charge in [0, 0.05) is 23.7 Å². The molecule has 0 amide bonds. The molecule has 0 radical (unpaired) electrons. The highest BCUT2D eigenvalue weighted by Crippen LogP contribution is 2.76. The maximum absolute atomic E-state index is 13.3. The van der Waals surface area contributed by atoms with E-state index in [2.05, 4.69) is 33.8 Å². The summed E-state index contributed by atoms with van der Waals surface area (Å²) < 4.78 is 54.2. The van der Waals surface area contributed by atoms with Gasteiger partial charge in [0.1, 0.15) is 67.1 Å². The van der Waals surface area contributed by atoms with E-state index in [9.17, 15) is 75.7 Å². The Morgan fingerprint density at radius 2 is 1.42 bits per heavy atom. The van der Waals surface area contributed by atoms with Crippen molar-refractivity contribution in [1.29, 1.82) is 0 Å². The van der Waals surface area contributed by atoms with Crippen molar-refractivity contribution < 1.29 is 118 Å². The summed E-state index contributed by atoms with van der Waals surface area (Å²) in [5.41, 5.74) is -1.11. The van der Waals surface area contributed by atoms with Crippen molar-refractivity contribution in [2.24, 2.45) is 50.2 Å². The van der Waals surface area contributed by atoms with Crippen molar-refractivity contribution in [2.75, 3.05) is 19.8 Å². The van der Waals surface area contributed by atoms with Crippen LogP contribution in [0.15, 0.2) is 11.6 Å². The number of allylic oxidation sites excluding steroid dienone is 2. The number of carboxylic acids is 2. The molecule has 5 saturated heterocycles. The van der Waals surface area contributed by atoms with Crippen LogP contribution in [0.25, 0.3) is 0 Å². The number of aliphatic hydroxyl groups excluding tert-OH is 9. The predicted octanol–water partition coefficient (Wildman–Crippen LogP) is -0.803. The fourth-order valence-corrected chi connectivity index (χ4v) is 16.9. The molecule has 2 bridgehead atoms. The number of rotatable bonds is 12. The van der Waals surface area contributed by atoms with Gasteiger partial charge in [-0.05, 0) is 99.2 Å². The third-order valence-corrected chi connectivity index (χ3v) is 22.0. The van der Waals surface area contributed by atoms with E-state index in [1.54, 1.807) is 0 Å². The zero-order valence-corrected chi connectivity index (χ0v) is 45.2. The summed E-state index contributed by atoms with van der Waals surface area (Å²) in [7, 11) is 0. The summed E-state index contributed by atoms with van der Waals surface area (Å²) in [6.45, 7) is 12.9. The number of carboxylic acid groups (broad SMARTS) is 2. The number of esters is 1. The highest BCUT2D eigenvalue weighted by molar-refractivity contribution is 5.79. The normalized spacial score (nSPS) is 55.8. The van der Waals surface area contributed by atoms with Crippen LogP contribution in [-0.2, 0) is 57.0 Å². The highest BCUT2D eigenvalue weighted by Gasteiger charge is 2.72. The Balaban J connectivity index is 0.952. The van der Waals surface area contributed by atoms with Crippen LogP contribution in [-0.4, -0.2) is 221 Å². The lowest BCUT2D eigenvalue weighted by atomic mass is 9.33. The largest absolute Gasteiger partial charge is 0.479 e. The minimum absolute atomic E-state index is 0.108. The van der Waals surface area contributed by atoms with Crippen LogP contribution in [0.2, 0.25) is 0 Å². The Bertz CT molecular complexity index is 2320. The number of hydrogen-bond acceptors (Lipinski definition) is 22. The van der Waals surface area contributed by atoms with Gasteiger partial charge < -0.3 is 104 Å². The second kappa shape index (κ2) is 20.4. The molecule has 24 heteroatoms. The molecule has 9 fully saturated rings. The first kappa shape index (κ1) is 58.6. The van der Waals surface area contributed by atoms with Crippen LogP contribution < -0.4 is 0 Å². The van der Waals surface area contributed by atoms with E-state index in [1.807, 2.05) is 13.8 Å². The van der Waals surface area contributed by atoms with Gasteiger partial charge in [0.2, 0.25) is 5.79 Å². The van der Waals surface area contributed by atoms with Gasteiger partial charge in [-0.2, -0.15) is 0 Å². The first-order valence-electron chi connectivity index (χ1n) is 27.7. The Morgan fingerprint density at radius 1 is 0.705 bits per heavy atom. The molecule has 10 aliphatic rings. The first-order valence-corrected chi connectivity index (χ1v) is 27.7. The molecule has 5 heterocycles. The molecule has 4 saturated carbocycles. The van der Waals surface area contributed by atoms with Crippen LogP contribution in [0, 0.1) is 50.2 Å². The molecule has 24 nitrogen and oxygen atoms in total. The molecule has 0 spiro atoms. The topological polar surface area (TPSA) is 377 Å². The number of ether oxygens (including phenoxy) is 9. The lowest BCUT2D eigenvalue weighted by Gasteiger charge is -2.71. The molecule has 5 aliphatic carbocycles. The zero-order valence-electron chi connectivity index (χ0n) is 45.2. The molecule has 10 rings (SSSR count). The standard InChI is InChI=1S/C54H82O24/c1-22-32(57)35(60)38(63)44(72-22)78-41-46(73-26(42(64)65)17-54(41,69)71-20-27-34(59)33(58)25(56)19-70-27)77-40-37(62)36(61)39(43(66)67)76-45(40)74-30-11-12-50(4)28(51(30,5)21-55)10-13-53(7)29(50)9-8-23-24-16-48(2)18-31(75-47(48)68)49(24,3)14-15-52(23,53)6/h8,22,24-41,44-46,55-63,69H,9-21H2,1-7H3,(H,64,65)(H,66,67)/t22-,24?,25+,26?,27-,28?,29?,30-,31?,32-,33-,34-,35+,36-,37-,38+,39?,40+,41-,44?,45?,46?,48+,49+,50-,51+,52+,53+,54-/m0/s1. The maximum atomic E-state index is 13.3. The number of hydrogen-bond donors (Lipinski definition) is 12. The van der Waals surface area contributed by atoms with Crippen LogP contribution in [0.3, 0.4) is 0 Å². The average molecular weight is 1120 g/mol. The molecular formula is C54H82O24. The summed E-state index contributed by atoms with van der Waals surface area (Å²) in [5.74, 6) is -6.29. The first-order chi connectivity index (χ1) is 36.4. The van der Waals surface area contributed by atoms with Gasteiger partial charge in [0.15, 0.2) is 37.2 Å². The van der Waals surface area contributed by atoms with E-state index < -0.39 is 165 Å². The van der Waals surface area contributed by atoms with E-state index in [0.717, 1.165) is 38.5 Å². The molecular weight excluding hydrogens is 1030 g/mol. The van der Waals surface area contributed by atoms with Gasteiger partial charge in [0.05, 0.1) is 37.4 Å². The third kappa shape index (κ3) is 8.95. The van der Waals surface area contributed by atoms with Crippen molar-refractivity contribution >= 4 is 17.9 Å². The molecule has 442 valence electrons. The zero-order chi connectivity index (χ0) is 56.8. The van der Waals surface area contributed by atoms with Crippen LogP contribution >= 0.6 is 0 Å². The van der Waals surface area contributed by atoms with Crippen molar-refractivity contribution in [3.05, 3.63) is 11.6 Å². The summed E-state index contributed by atoms with van der Waals surface area (Å²) in [4.78, 5) is 38.8. The highest BCUT2D eigenvalue weighted by atomic mass is 16.8. The lowest BCUT2D eigenvalue weighted by Crippen LogP contribution is -2.69. The fraction of sp³-hybridized carbons (Fsp3) is 0.907. The van der Waals surface area contributed by atoms with E-state index in [0.29, 0.717) is 12.8 Å². The van der Waals surface area contributed by atoms with Crippen LogP contribution in [0.1, 0.15) is 113 Å². The molecule has 5 aliphatic heterocycles. The van der Waals surface area contributed by atoms with E-state index in [4.69, 9.17) is 42.6 Å². The Morgan fingerprint density at radius 3 is 2.10 bits per heavy atom. The molecule has 12 N–H and O–H groups in total. The van der Waals surface area contributed by atoms with Crippen molar-refractivity contribution in [3.8, 4) is 0 Å². The number of aliphatic hydroxyl groups is 10. The summed E-state index contributed by atoms with van der Waals surface area (Å²) >= 11 is 0. The molecule has 0 aromatic carbocycles. The van der Waals surface area contributed by atoms with Gasteiger partial charge in [-0.3, -0.25) is 4.79 Å². The minimum atomic E-state index is -2.94. The van der Waals surface area contributed by atoms with Crippen molar-refractivity contribution in [2.45, 2.75) is 235 Å². The molecule has 9 unspecified atom stereocenters. The minimum Gasteiger partial charge on any atom is -0.479 e. The molecule has 0 aromatic rings. The number of aliphatic carboxylic acids is 2. The number of fused-ring (bicyclic) bond motifs is 10. The van der Waals surface area contributed by atoms with E-state index in [-0.39, 0.29) is 57.9 Å². The Labute approximate surface area is 451 Å². The van der Waals surface area contributed by atoms with Gasteiger partial charge in [-0.25, -0.2) is 9.59 Å². The van der Waals surface area contributed by atoms with Gasteiger partial charge >= 0.3 is 17.9 Å². The third-order valence-electron chi connectivity index (χ3n) is 22.0. The number of carbonyl (C=O) groups excluding carboxylic acids is 1. The van der Waals surface area contributed by atoms with Crippen molar-refractivity contribution in [3.63, 3.8) is 0 Å². The van der Waals surface area contributed by atoms with Gasteiger partial charge in [0.25, 0.3) is 0 Å². The van der Waals surface area contributed by atoms with Gasteiger partial charge in [-0.1, -0.05) is 46.3 Å². The van der Waals surface area contributed by atoms with E-state index >= 15 is 0 Å². The fourth-order valence-electron chi connectivity index (χ4n) is 16.9. The quantitative estimate of drug-likeness (QED) is 0.0492. The predicted molar refractivity (Wildman–Crippen MR) is 261 cm³/mol. The number of carbonyl (C=O) groups is 3. The Kier molecular flexibility index (Phi) is 15.3. The SMILES string of the molecule is C[C@@H]1OC(O[C@H]2C(O[C@H]3C(O[C@H]4CC[C@@]5(C)C(CC[C@]6(C)C5CC=C5C7C[C@]8(C)CC(OC8=O)[C@]7(C)CC[C@]56C)[C@@]4(C)CO)OC(C(=O)O)[C@@H](O)[C@@H]3O)OC(C(=O)O)C[C@]2(O)OC[C@@H]2OC[C@@H](O)[C@H](O)[C@H]2O)[C@H](O)[C@H](O)[C@H]1O. The Hall–Kier alpha value is -2.57. The smallest absolute Gasteiger partial charge is 0.335 e. The average Bonchev–Trinajstić information content (AvgIpc) is 2.32. The molecule has 78 heavy (non-hydrogen) atoms. The molecule has 29 atom stereocenters. The van der Waals surface area contributed by atoms with E-state index in [1.165, 1.54) is 12.5 Å². The second-order valence-corrected chi connectivity index (χ2v) is 26.2. The summed E-state index contributed by atoms with van der Waals surface area (Å²) in [5, 5.41) is 132. The van der Waals surface area contributed by atoms with Crippen molar-refractivity contribution in [1.82, 2.24) is 0 Å². The van der Waals surface area contributed by atoms with Crippen LogP contribution in [0.4, 0.5) is 0 Å². The summed E-state index contributed by atoms with van der Waals surface area (Å²) in [6.07, 6.45) is -25.5. The molecule has 0 aromatic heterocycles. The monoisotopic (exact) mass is 1110 g/mol. The summed E-state index contributed by atoms with van der Waals surface area (Å²) in [6, 6.07) is 0. The van der Waals surface area contributed by atoms with Crippen LogP contribution in [0.5, 0.6) is 0 Å². The second-order valence-electron chi connectivity index (χ2n) is 26.2. The lowest BCUT2D eigenvalue weighted by molar-refractivity contribution is -0.425.